The molecule has 3 heterocycles. The topological polar surface area (TPSA) is 71.3 Å². The second-order valence-corrected chi connectivity index (χ2v) is 8.65. The number of rotatable bonds is 3. The van der Waals surface area contributed by atoms with E-state index >= 15 is 0 Å². The largest absolute Gasteiger partial charge is 0.443 e. The van der Waals surface area contributed by atoms with Gasteiger partial charge in [-0.05, 0) is 64.3 Å². The first kappa shape index (κ1) is 19.9. The third-order valence-corrected chi connectivity index (χ3v) is 6.53. The fourth-order valence-electron chi connectivity index (χ4n) is 3.91. The first-order valence-electron chi connectivity index (χ1n) is 9.90. The first-order valence-corrected chi connectivity index (χ1v) is 10.7. The molecule has 2 aromatic heterocycles. The molecule has 3 aromatic rings. The van der Waals surface area contributed by atoms with E-state index in [1.165, 1.54) is 0 Å². The SMILES string of the molecule is Cc1nc(N2CCC[C@@H](C(=O)Nc3ccc(Br)c(C)c3)C2)c2c(C)c(C)oc2n1. The van der Waals surface area contributed by atoms with E-state index in [-0.39, 0.29) is 11.8 Å². The monoisotopic (exact) mass is 456 g/mol. The highest BCUT2D eigenvalue weighted by atomic mass is 79.9. The maximum atomic E-state index is 12.9. The molecular formula is C22H25BrN4O2. The quantitative estimate of drug-likeness (QED) is 0.595. The standard InChI is InChI=1S/C22H25BrN4O2/c1-12-10-17(7-8-18(12)23)26-21(28)16-6-5-9-27(11-16)20-19-13(2)14(3)29-22(19)25-15(4)24-20/h7-8,10,16H,5-6,9,11H2,1-4H3,(H,26,28)/t16-/m1/s1. The Bertz CT molecular complexity index is 1090. The molecule has 1 aliphatic heterocycles. The van der Waals surface area contributed by atoms with Crippen LogP contribution in [0.2, 0.25) is 0 Å². The predicted molar refractivity (Wildman–Crippen MR) is 118 cm³/mol. The molecule has 152 valence electrons. The summed E-state index contributed by atoms with van der Waals surface area (Å²) < 4.78 is 6.86. The molecular weight excluding hydrogens is 432 g/mol. The summed E-state index contributed by atoms with van der Waals surface area (Å²) in [7, 11) is 0. The Hall–Kier alpha value is -2.41. The van der Waals surface area contributed by atoms with Crippen molar-refractivity contribution in [3.8, 4) is 0 Å². The Kier molecular flexibility index (Phi) is 5.34. The Morgan fingerprint density at radius 2 is 2.03 bits per heavy atom. The van der Waals surface area contributed by atoms with Gasteiger partial charge in [0.15, 0.2) is 0 Å². The van der Waals surface area contributed by atoms with Crippen LogP contribution in [0.4, 0.5) is 11.5 Å². The van der Waals surface area contributed by atoms with Crippen LogP contribution >= 0.6 is 15.9 Å². The molecule has 1 aliphatic rings. The minimum Gasteiger partial charge on any atom is -0.443 e. The van der Waals surface area contributed by atoms with Gasteiger partial charge in [-0.1, -0.05) is 15.9 Å². The van der Waals surface area contributed by atoms with Gasteiger partial charge in [-0.25, -0.2) is 4.98 Å². The molecule has 1 N–H and O–H groups in total. The van der Waals surface area contributed by atoms with Gasteiger partial charge in [0.05, 0.1) is 11.3 Å². The van der Waals surface area contributed by atoms with Crippen LogP contribution in [0.25, 0.3) is 11.1 Å². The lowest BCUT2D eigenvalue weighted by Gasteiger charge is -2.33. The van der Waals surface area contributed by atoms with Crippen molar-refractivity contribution >= 4 is 44.4 Å². The van der Waals surface area contributed by atoms with Crippen LogP contribution in [0.1, 0.15) is 35.6 Å². The minimum absolute atomic E-state index is 0.0542. The summed E-state index contributed by atoms with van der Waals surface area (Å²) in [6.45, 7) is 9.38. The molecule has 1 saturated heterocycles. The van der Waals surface area contributed by atoms with E-state index in [1.54, 1.807) is 0 Å². The Morgan fingerprint density at radius 3 is 2.79 bits per heavy atom. The summed E-state index contributed by atoms with van der Waals surface area (Å²) in [6, 6.07) is 5.87. The van der Waals surface area contributed by atoms with Crippen molar-refractivity contribution in [2.45, 2.75) is 40.5 Å². The number of hydrogen-bond donors (Lipinski definition) is 1. The maximum absolute atomic E-state index is 12.9. The van der Waals surface area contributed by atoms with Gasteiger partial charge in [-0.2, -0.15) is 4.98 Å². The van der Waals surface area contributed by atoms with Gasteiger partial charge in [0.2, 0.25) is 11.6 Å². The van der Waals surface area contributed by atoms with Crippen molar-refractivity contribution in [2.24, 2.45) is 5.92 Å². The molecule has 1 atom stereocenters. The molecule has 0 bridgehead atoms. The van der Waals surface area contributed by atoms with Gasteiger partial charge in [0, 0.05) is 28.8 Å². The lowest BCUT2D eigenvalue weighted by atomic mass is 9.96. The van der Waals surface area contributed by atoms with Gasteiger partial charge in [-0.3, -0.25) is 4.79 Å². The molecule has 6 nitrogen and oxygen atoms in total. The van der Waals surface area contributed by atoms with E-state index in [0.29, 0.717) is 18.1 Å². The fraction of sp³-hybridized carbons (Fsp3) is 0.409. The number of fused-ring (bicyclic) bond motifs is 1. The molecule has 0 spiro atoms. The van der Waals surface area contributed by atoms with Crippen LogP contribution in [0.3, 0.4) is 0 Å². The number of anilines is 2. The summed E-state index contributed by atoms with van der Waals surface area (Å²) in [5, 5.41) is 4.03. The highest BCUT2D eigenvalue weighted by Crippen LogP contribution is 2.33. The second kappa shape index (κ2) is 7.78. The van der Waals surface area contributed by atoms with Gasteiger partial charge < -0.3 is 14.6 Å². The molecule has 1 aromatic carbocycles. The van der Waals surface area contributed by atoms with Crippen molar-refractivity contribution in [3.05, 3.63) is 45.4 Å². The van der Waals surface area contributed by atoms with Crippen LogP contribution in [0.5, 0.6) is 0 Å². The smallest absolute Gasteiger partial charge is 0.231 e. The molecule has 0 saturated carbocycles. The van der Waals surface area contributed by atoms with E-state index < -0.39 is 0 Å². The van der Waals surface area contributed by atoms with Crippen LogP contribution in [-0.2, 0) is 4.79 Å². The molecule has 7 heteroatoms. The number of aryl methyl sites for hydroxylation is 4. The normalized spacial score (nSPS) is 17.0. The summed E-state index contributed by atoms with van der Waals surface area (Å²) in [4.78, 5) is 24.3. The predicted octanol–water partition coefficient (Wildman–Crippen LogP) is 5.07. The van der Waals surface area contributed by atoms with E-state index in [0.717, 1.165) is 57.6 Å². The summed E-state index contributed by atoms with van der Waals surface area (Å²) in [5.74, 6) is 2.37. The first-order chi connectivity index (χ1) is 13.8. The molecule has 1 amide bonds. The highest BCUT2D eigenvalue weighted by molar-refractivity contribution is 9.10. The fourth-order valence-corrected chi connectivity index (χ4v) is 4.16. The zero-order valence-corrected chi connectivity index (χ0v) is 18.8. The lowest BCUT2D eigenvalue weighted by molar-refractivity contribution is -0.120. The van der Waals surface area contributed by atoms with Crippen molar-refractivity contribution in [3.63, 3.8) is 0 Å². The van der Waals surface area contributed by atoms with Gasteiger partial charge in [0.1, 0.15) is 17.4 Å². The van der Waals surface area contributed by atoms with Gasteiger partial charge in [-0.15, -0.1) is 0 Å². The number of aromatic nitrogens is 2. The highest BCUT2D eigenvalue weighted by Gasteiger charge is 2.29. The number of carbonyl (C=O) groups excluding carboxylic acids is 1. The number of halogens is 1. The molecule has 0 aliphatic carbocycles. The van der Waals surface area contributed by atoms with Crippen LogP contribution in [-0.4, -0.2) is 29.0 Å². The molecule has 4 rings (SSSR count). The molecule has 29 heavy (non-hydrogen) atoms. The minimum atomic E-state index is -0.0914. The average molecular weight is 457 g/mol. The number of piperidine rings is 1. The van der Waals surface area contributed by atoms with E-state index in [1.807, 2.05) is 45.9 Å². The van der Waals surface area contributed by atoms with Crippen molar-refractivity contribution in [1.29, 1.82) is 0 Å². The Labute approximate surface area is 178 Å². The number of benzene rings is 1. The number of furan rings is 1. The third-order valence-electron chi connectivity index (χ3n) is 5.64. The zero-order valence-electron chi connectivity index (χ0n) is 17.2. The Morgan fingerprint density at radius 1 is 1.24 bits per heavy atom. The molecule has 0 unspecified atom stereocenters. The number of carbonyl (C=O) groups is 1. The van der Waals surface area contributed by atoms with Crippen molar-refractivity contribution in [2.75, 3.05) is 23.3 Å². The summed E-state index contributed by atoms with van der Waals surface area (Å²) >= 11 is 3.50. The van der Waals surface area contributed by atoms with E-state index in [2.05, 4.69) is 31.1 Å². The average Bonchev–Trinajstić information content (AvgIpc) is 2.97. The van der Waals surface area contributed by atoms with E-state index in [9.17, 15) is 4.79 Å². The number of amides is 1. The Balaban J connectivity index is 1.58. The van der Waals surface area contributed by atoms with Crippen LogP contribution in [0.15, 0.2) is 27.1 Å². The van der Waals surface area contributed by atoms with Crippen LogP contribution in [0, 0.1) is 33.6 Å². The number of hydrogen-bond acceptors (Lipinski definition) is 5. The number of nitrogens with one attached hydrogen (secondary N) is 1. The van der Waals surface area contributed by atoms with Gasteiger partial charge in [0.25, 0.3) is 0 Å². The zero-order chi connectivity index (χ0) is 20.7. The van der Waals surface area contributed by atoms with Crippen LogP contribution < -0.4 is 10.2 Å². The third kappa shape index (κ3) is 3.88. The van der Waals surface area contributed by atoms with E-state index in [4.69, 9.17) is 9.40 Å². The number of nitrogens with zero attached hydrogens (tertiary/aromatic N) is 3. The second-order valence-electron chi connectivity index (χ2n) is 7.80. The maximum Gasteiger partial charge on any atom is 0.231 e. The lowest BCUT2D eigenvalue weighted by Crippen LogP contribution is -2.41. The van der Waals surface area contributed by atoms with Gasteiger partial charge >= 0.3 is 0 Å². The van der Waals surface area contributed by atoms with Crippen molar-refractivity contribution < 1.29 is 9.21 Å². The summed E-state index contributed by atoms with van der Waals surface area (Å²) in [6.07, 6.45) is 1.81. The molecule has 0 radical (unpaired) electrons. The summed E-state index contributed by atoms with van der Waals surface area (Å²) in [5.41, 5.74) is 3.61. The van der Waals surface area contributed by atoms with Crippen molar-refractivity contribution in [1.82, 2.24) is 9.97 Å². The molecule has 1 fully saturated rings.